The average molecular weight is 480 g/mol. The van der Waals surface area contributed by atoms with Crippen molar-refractivity contribution in [2.45, 2.75) is 27.2 Å². The molecule has 0 bridgehead atoms. The molecule has 0 saturated carbocycles. The first-order valence-electron chi connectivity index (χ1n) is 11.4. The number of fused-ring (bicyclic) bond motifs is 1. The predicted molar refractivity (Wildman–Crippen MR) is 133 cm³/mol. The van der Waals surface area contributed by atoms with Crippen molar-refractivity contribution in [1.82, 2.24) is 5.32 Å². The van der Waals surface area contributed by atoms with Gasteiger partial charge in [0.2, 0.25) is 0 Å². The molecule has 0 atom stereocenters. The van der Waals surface area contributed by atoms with Gasteiger partial charge in [-0.15, -0.1) is 0 Å². The van der Waals surface area contributed by atoms with Gasteiger partial charge in [-0.3, -0.25) is 4.79 Å². The van der Waals surface area contributed by atoms with Crippen LogP contribution in [0.4, 0.5) is 0 Å². The number of benzene rings is 2. The molecule has 0 aliphatic rings. The molecule has 8 nitrogen and oxygen atoms in total. The molecule has 3 aromatic rings. The molecule has 2 aromatic carbocycles. The van der Waals surface area contributed by atoms with Gasteiger partial charge >= 0.3 is 11.6 Å². The summed E-state index contributed by atoms with van der Waals surface area (Å²) in [5.41, 5.74) is 0.0994. The van der Waals surface area contributed by atoms with E-state index in [0.29, 0.717) is 30.0 Å². The van der Waals surface area contributed by atoms with Gasteiger partial charge in [0.15, 0.2) is 11.5 Å². The topological polar surface area (TPSA) is 104 Å². The lowest BCUT2D eigenvalue weighted by atomic mass is 10.1. The van der Waals surface area contributed by atoms with Crippen molar-refractivity contribution in [2.75, 3.05) is 20.3 Å². The fourth-order valence-electron chi connectivity index (χ4n) is 3.14. The highest BCUT2D eigenvalue weighted by Crippen LogP contribution is 2.28. The molecule has 1 N–H and O–H groups in total. The largest absolute Gasteiger partial charge is 0.493 e. The second-order valence-electron chi connectivity index (χ2n) is 8.26. The molecule has 0 saturated heterocycles. The highest BCUT2D eigenvalue weighted by Gasteiger charge is 2.15. The van der Waals surface area contributed by atoms with Gasteiger partial charge in [-0.25, -0.2) is 9.59 Å². The van der Waals surface area contributed by atoms with E-state index in [1.165, 1.54) is 18.2 Å². The van der Waals surface area contributed by atoms with Crippen molar-refractivity contribution >= 4 is 28.9 Å². The van der Waals surface area contributed by atoms with Crippen molar-refractivity contribution in [1.29, 1.82) is 0 Å². The normalized spacial score (nSPS) is 11.1. The minimum atomic E-state index is -0.762. The van der Waals surface area contributed by atoms with Gasteiger partial charge in [-0.05, 0) is 54.3 Å². The Balaban J connectivity index is 1.70. The fourth-order valence-corrected chi connectivity index (χ4v) is 3.14. The molecular weight excluding hydrogens is 450 g/mol. The summed E-state index contributed by atoms with van der Waals surface area (Å²) in [6.07, 6.45) is 3.76. The Morgan fingerprint density at radius 3 is 2.60 bits per heavy atom. The van der Waals surface area contributed by atoms with Gasteiger partial charge in [0.05, 0.1) is 13.7 Å². The van der Waals surface area contributed by atoms with E-state index in [-0.39, 0.29) is 22.8 Å². The van der Waals surface area contributed by atoms with Crippen LogP contribution in [-0.4, -0.2) is 32.1 Å². The Kier molecular flexibility index (Phi) is 8.67. The van der Waals surface area contributed by atoms with E-state index in [0.717, 1.165) is 12.0 Å². The minimum Gasteiger partial charge on any atom is -0.493 e. The number of carbonyl (C=O) groups is 2. The summed E-state index contributed by atoms with van der Waals surface area (Å²) < 4.78 is 21.6. The number of nitrogens with one attached hydrogen (secondary N) is 1. The van der Waals surface area contributed by atoms with E-state index in [4.69, 9.17) is 18.6 Å². The number of ether oxygens (including phenoxy) is 3. The SMILES string of the molecule is CCCOc1ccc(/C=C/C(=O)Oc2ccc3cc(C(=O)NCC(C)C)c(=O)oc3c2)cc1OC. The summed E-state index contributed by atoms with van der Waals surface area (Å²) in [4.78, 5) is 36.9. The third kappa shape index (κ3) is 6.96. The van der Waals surface area contributed by atoms with Crippen molar-refractivity contribution in [2.24, 2.45) is 5.92 Å². The molecular formula is C27H29NO7. The van der Waals surface area contributed by atoms with Crippen LogP contribution in [0.3, 0.4) is 0 Å². The maximum absolute atomic E-state index is 12.3. The Hall–Kier alpha value is -4.07. The molecule has 0 aliphatic carbocycles. The number of hydrogen-bond acceptors (Lipinski definition) is 7. The van der Waals surface area contributed by atoms with Gasteiger partial charge in [0.1, 0.15) is 16.9 Å². The van der Waals surface area contributed by atoms with E-state index in [9.17, 15) is 14.4 Å². The summed E-state index contributed by atoms with van der Waals surface area (Å²) in [7, 11) is 1.55. The molecule has 0 aliphatic heterocycles. The number of hydrogen-bond donors (Lipinski definition) is 1. The third-order valence-electron chi connectivity index (χ3n) is 4.90. The molecule has 35 heavy (non-hydrogen) atoms. The zero-order chi connectivity index (χ0) is 25.4. The monoisotopic (exact) mass is 479 g/mol. The molecule has 0 spiro atoms. The zero-order valence-corrected chi connectivity index (χ0v) is 20.3. The van der Waals surface area contributed by atoms with E-state index in [2.05, 4.69) is 5.32 Å². The first-order valence-corrected chi connectivity index (χ1v) is 11.4. The van der Waals surface area contributed by atoms with Crippen LogP contribution in [0.15, 0.2) is 57.8 Å². The molecule has 0 radical (unpaired) electrons. The van der Waals surface area contributed by atoms with E-state index in [1.807, 2.05) is 20.8 Å². The zero-order valence-electron chi connectivity index (χ0n) is 20.3. The number of rotatable bonds is 10. The molecule has 1 amide bonds. The highest BCUT2D eigenvalue weighted by atomic mass is 16.5. The van der Waals surface area contributed by atoms with Crippen molar-refractivity contribution < 1.29 is 28.2 Å². The quantitative estimate of drug-likeness (QED) is 0.196. The van der Waals surface area contributed by atoms with Crippen LogP contribution in [0, 0.1) is 5.92 Å². The minimum absolute atomic E-state index is 0.0765. The van der Waals surface area contributed by atoms with E-state index >= 15 is 0 Å². The molecule has 0 unspecified atom stereocenters. The highest BCUT2D eigenvalue weighted by molar-refractivity contribution is 5.97. The Morgan fingerprint density at radius 2 is 1.89 bits per heavy atom. The van der Waals surface area contributed by atoms with Crippen molar-refractivity contribution in [3.8, 4) is 17.2 Å². The standard InChI is InChI=1S/C27H29NO7/c1-5-12-33-22-10-6-18(13-24(22)32-4)7-11-25(29)34-20-9-8-19-14-21(26(30)28-16-17(2)3)27(31)35-23(19)15-20/h6-11,13-15,17H,5,12,16H2,1-4H3,(H,28,30)/b11-7+. The van der Waals surface area contributed by atoms with Gasteiger partial charge in [-0.2, -0.15) is 0 Å². The van der Waals surface area contributed by atoms with Gasteiger partial charge in [0.25, 0.3) is 5.91 Å². The average Bonchev–Trinajstić information content (AvgIpc) is 2.84. The number of esters is 1. The van der Waals surface area contributed by atoms with Crippen LogP contribution in [0.5, 0.6) is 17.2 Å². The number of carbonyl (C=O) groups excluding carboxylic acids is 2. The molecule has 3 rings (SSSR count). The second-order valence-corrected chi connectivity index (χ2v) is 8.26. The van der Waals surface area contributed by atoms with Crippen LogP contribution < -0.4 is 25.2 Å². The third-order valence-corrected chi connectivity index (χ3v) is 4.90. The van der Waals surface area contributed by atoms with Crippen LogP contribution >= 0.6 is 0 Å². The summed E-state index contributed by atoms with van der Waals surface area (Å²) in [5.74, 6) is 0.550. The maximum atomic E-state index is 12.3. The Morgan fingerprint density at radius 1 is 1.09 bits per heavy atom. The summed E-state index contributed by atoms with van der Waals surface area (Å²) >= 11 is 0. The van der Waals surface area contributed by atoms with Crippen molar-refractivity contribution in [3.05, 3.63) is 70.1 Å². The van der Waals surface area contributed by atoms with Crippen LogP contribution in [0.2, 0.25) is 0 Å². The molecule has 8 heteroatoms. The fraction of sp³-hybridized carbons (Fsp3) is 0.296. The summed E-state index contributed by atoms with van der Waals surface area (Å²) in [6, 6.07) is 11.4. The first kappa shape index (κ1) is 25.6. The smallest absolute Gasteiger partial charge is 0.349 e. The molecule has 0 fully saturated rings. The van der Waals surface area contributed by atoms with Crippen molar-refractivity contribution in [3.63, 3.8) is 0 Å². The van der Waals surface area contributed by atoms with Gasteiger partial charge < -0.3 is 23.9 Å². The Bertz CT molecular complexity index is 1290. The lowest BCUT2D eigenvalue weighted by Gasteiger charge is -2.10. The maximum Gasteiger partial charge on any atom is 0.349 e. The second kappa shape index (κ2) is 11.9. The Labute approximate surface area is 203 Å². The lowest BCUT2D eigenvalue weighted by Crippen LogP contribution is -2.31. The van der Waals surface area contributed by atoms with Crippen LogP contribution in [0.25, 0.3) is 17.0 Å². The number of amides is 1. The first-order chi connectivity index (χ1) is 16.8. The van der Waals surface area contributed by atoms with Gasteiger partial charge in [0, 0.05) is 24.1 Å². The molecule has 184 valence electrons. The molecule has 1 heterocycles. The predicted octanol–water partition coefficient (Wildman–Crippen LogP) is 4.60. The van der Waals surface area contributed by atoms with E-state index in [1.54, 1.807) is 43.5 Å². The summed E-state index contributed by atoms with van der Waals surface area (Å²) in [6.45, 7) is 6.95. The van der Waals surface area contributed by atoms with Crippen LogP contribution in [0.1, 0.15) is 43.1 Å². The van der Waals surface area contributed by atoms with Crippen LogP contribution in [-0.2, 0) is 4.79 Å². The molecule has 1 aromatic heterocycles. The lowest BCUT2D eigenvalue weighted by molar-refractivity contribution is -0.128. The van der Waals surface area contributed by atoms with E-state index < -0.39 is 17.5 Å². The van der Waals surface area contributed by atoms with Gasteiger partial charge in [-0.1, -0.05) is 26.8 Å². The number of methoxy groups -OCH3 is 1. The summed E-state index contributed by atoms with van der Waals surface area (Å²) in [5, 5.41) is 3.23.